The lowest BCUT2D eigenvalue weighted by Gasteiger charge is -2.27. The van der Waals surface area contributed by atoms with E-state index in [0.717, 1.165) is 18.2 Å². The standard InChI is InChI=1S/C16H27N2OS/c1-8-13(18-20(19)16(5,6)7)14-11-12(9-10-17-14)15(2,3)4/h9-11,18H,8H2,1-7H3. The molecule has 3 nitrogen and oxygen atoms in total. The molecular weight excluding hydrogens is 268 g/mol. The minimum atomic E-state index is -1.12. The van der Waals surface area contributed by atoms with E-state index in [1.807, 2.05) is 40.0 Å². The van der Waals surface area contributed by atoms with Gasteiger partial charge in [0.1, 0.15) is 10.8 Å². The highest BCUT2D eigenvalue weighted by Gasteiger charge is 2.30. The lowest BCUT2D eigenvalue weighted by molar-refractivity contribution is 0.544. The summed E-state index contributed by atoms with van der Waals surface area (Å²) in [5.74, 6) is 0. The summed E-state index contributed by atoms with van der Waals surface area (Å²) < 4.78 is 15.1. The monoisotopic (exact) mass is 295 g/mol. The third-order valence-electron chi connectivity index (χ3n) is 3.06. The Labute approximate surface area is 126 Å². The molecule has 1 rings (SSSR count). The molecule has 1 aromatic heterocycles. The van der Waals surface area contributed by atoms with Gasteiger partial charge in [-0.05, 0) is 50.3 Å². The summed E-state index contributed by atoms with van der Waals surface area (Å²) in [7, 11) is 0. The van der Waals surface area contributed by atoms with E-state index in [1.54, 1.807) is 0 Å². The Morgan fingerprint density at radius 1 is 1.25 bits per heavy atom. The fourth-order valence-corrected chi connectivity index (χ4v) is 2.41. The molecule has 0 aliphatic rings. The summed E-state index contributed by atoms with van der Waals surface area (Å²) in [4.78, 5) is 4.43. The van der Waals surface area contributed by atoms with Crippen molar-refractivity contribution in [1.82, 2.24) is 9.71 Å². The molecule has 0 bridgehead atoms. The predicted molar refractivity (Wildman–Crippen MR) is 86.6 cm³/mol. The van der Waals surface area contributed by atoms with Crippen LogP contribution >= 0.6 is 0 Å². The highest BCUT2D eigenvalue weighted by molar-refractivity contribution is 7.90. The highest BCUT2D eigenvalue weighted by atomic mass is 32.2. The Hall–Kier alpha value is -0.580. The van der Waals surface area contributed by atoms with Gasteiger partial charge in [0.25, 0.3) is 0 Å². The van der Waals surface area contributed by atoms with Gasteiger partial charge in [-0.1, -0.05) is 27.7 Å². The second-order valence-electron chi connectivity index (χ2n) is 7.00. The van der Waals surface area contributed by atoms with Crippen LogP contribution in [0.25, 0.3) is 0 Å². The van der Waals surface area contributed by atoms with Crippen LogP contribution in [0.1, 0.15) is 66.1 Å². The molecule has 1 aromatic rings. The van der Waals surface area contributed by atoms with E-state index in [4.69, 9.17) is 0 Å². The van der Waals surface area contributed by atoms with E-state index >= 15 is 0 Å². The molecule has 4 heteroatoms. The van der Waals surface area contributed by atoms with Crippen LogP contribution in [0.15, 0.2) is 18.3 Å². The number of nitrogens with zero attached hydrogens (tertiary/aromatic N) is 1. The Kier molecular flexibility index (Phi) is 5.64. The van der Waals surface area contributed by atoms with Crippen molar-refractivity contribution in [2.75, 3.05) is 0 Å². The van der Waals surface area contributed by atoms with Crippen molar-refractivity contribution in [2.45, 2.75) is 65.0 Å². The van der Waals surface area contributed by atoms with Gasteiger partial charge in [-0.3, -0.25) is 4.98 Å². The molecule has 0 aliphatic carbocycles. The predicted octanol–water partition coefficient (Wildman–Crippen LogP) is 3.72. The summed E-state index contributed by atoms with van der Waals surface area (Å²) >= 11 is -1.12. The van der Waals surface area contributed by atoms with Crippen molar-refractivity contribution in [3.63, 3.8) is 0 Å². The maximum Gasteiger partial charge on any atom is 0.136 e. The zero-order valence-electron chi connectivity index (χ0n) is 13.7. The SMILES string of the molecule is CC[C](N[S+]([O-])C(C)(C)C)c1cc(C(C)(C)C)ccn1. The van der Waals surface area contributed by atoms with Crippen LogP contribution in [0.5, 0.6) is 0 Å². The fraction of sp³-hybridized carbons (Fsp3) is 0.625. The molecule has 0 fully saturated rings. The fourth-order valence-electron chi connectivity index (χ4n) is 1.63. The van der Waals surface area contributed by atoms with E-state index in [9.17, 15) is 4.55 Å². The largest absolute Gasteiger partial charge is 0.598 e. The van der Waals surface area contributed by atoms with Crippen molar-refractivity contribution >= 4 is 11.4 Å². The normalized spacial score (nSPS) is 14.7. The third-order valence-corrected chi connectivity index (χ3v) is 4.60. The molecule has 20 heavy (non-hydrogen) atoms. The number of nitrogens with one attached hydrogen (secondary N) is 1. The van der Waals surface area contributed by atoms with Crippen molar-refractivity contribution in [3.8, 4) is 0 Å². The van der Waals surface area contributed by atoms with Gasteiger partial charge in [0.2, 0.25) is 0 Å². The molecule has 1 radical (unpaired) electrons. The average molecular weight is 295 g/mol. The van der Waals surface area contributed by atoms with Crippen molar-refractivity contribution in [1.29, 1.82) is 0 Å². The lowest BCUT2D eigenvalue weighted by atomic mass is 9.87. The van der Waals surface area contributed by atoms with Crippen LogP contribution < -0.4 is 4.72 Å². The van der Waals surface area contributed by atoms with Crippen molar-refractivity contribution in [3.05, 3.63) is 35.6 Å². The zero-order chi connectivity index (χ0) is 15.6. The Morgan fingerprint density at radius 2 is 1.85 bits per heavy atom. The van der Waals surface area contributed by atoms with Crippen LogP contribution in [0, 0.1) is 6.04 Å². The summed E-state index contributed by atoms with van der Waals surface area (Å²) in [5.41, 5.74) is 2.20. The molecular formula is C16H27N2OS. The van der Waals surface area contributed by atoms with Gasteiger partial charge in [0.05, 0.1) is 5.69 Å². The van der Waals surface area contributed by atoms with Gasteiger partial charge in [-0.15, -0.1) is 4.72 Å². The Balaban J connectivity index is 2.96. The second-order valence-corrected chi connectivity index (χ2v) is 8.96. The molecule has 0 aromatic carbocycles. The Morgan fingerprint density at radius 3 is 2.30 bits per heavy atom. The smallest absolute Gasteiger partial charge is 0.136 e. The molecule has 0 spiro atoms. The van der Waals surface area contributed by atoms with E-state index < -0.39 is 11.4 Å². The van der Waals surface area contributed by atoms with Crippen LogP contribution in [-0.4, -0.2) is 14.3 Å². The third kappa shape index (κ3) is 4.76. The quantitative estimate of drug-likeness (QED) is 0.861. The first kappa shape index (κ1) is 17.5. The molecule has 0 aliphatic heterocycles. The Bertz CT molecular complexity index is 435. The van der Waals surface area contributed by atoms with Crippen molar-refractivity contribution < 1.29 is 4.55 Å². The van der Waals surface area contributed by atoms with E-state index in [1.165, 1.54) is 5.56 Å². The highest BCUT2D eigenvalue weighted by Crippen LogP contribution is 2.26. The van der Waals surface area contributed by atoms with Crippen LogP contribution in [-0.2, 0) is 16.8 Å². The first-order chi connectivity index (χ1) is 9.05. The van der Waals surface area contributed by atoms with Crippen LogP contribution in [0.2, 0.25) is 0 Å². The van der Waals surface area contributed by atoms with Crippen molar-refractivity contribution in [2.24, 2.45) is 0 Å². The van der Waals surface area contributed by atoms with Crippen LogP contribution in [0.4, 0.5) is 0 Å². The number of hydrogen-bond donors (Lipinski definition) is 1. The van der Waals surface area contributed by atoms with Gasteiger partial charge < -0.3 is 4.55 Å². The molecule has 0 saturated carbocycles. The molecule has 1 N–H and O–H groups in total. The number of rotatable bonds is 4. The summed E-state index contributed by atoms with van der Waals surface area (Å²) in [6.45, 7) is 14.5. The molecule has 113 valence electrons. The van der Waals surface area contributed by atoms with E-state index in [0.29, 0.717) is 0 Å². The number of pyridine rings is 1. The van der Waals surface area contributed by atoms with Gasteiger partial charge in [0.15, 0.2) is 0 Å². The number of aromatic nitrogens is 1. The topological polar surface area (TPSA) is 48.0 Å². The number of hydrogen-bond acceptors (Lipinski definition) is 3. The van der Waals surface area contributed by atoms with E-state index in [2.05, 4.69) is 36.5 Å². The van der Waals surface area contributed by atoms with Gasteiger partial charge >= 0.3 is 0 Å². The summed E-state index contributed by atoms with van der Waals surface area (Å²) in [6, 6.07) is 5.06. The van der Waals surface area contributed by atoms with Gasteiger partial charge in [-0.2, -0.15) is 0 Å². The second kappa shape index (κ2) is 6.46. The lowest BCUT2D eigenvalue weighted by Crippen LogP contribution is -2.41. The summed E-state index contributed by atoms with van der Waals surface area (Å²) in [6.07, 6.45) is 2.61. The molecule has 0 amide bonds. The average Bonchev–Trinajstić information content (AvgIpc) is 2.33. The first-order valence-electron chi connectivity index (χ1n) is 7.07. The minimum Gasteiger partial charge on any atom is -0.598 e. The maximum atomic E-state index is 12.2. The zero-order valence-corrected chi connectivity index (χ0v) is 14.5. The summed E-state index contributed by atoms with van der Waals surface area (Å²) in [5, 5.41) is 0. The van der Waals surface area contributed by atoms with Gasteiger partial charge in [-0.25, -0.2) is 0 Å². The molecule has 1 heterocycles. The minimum absolute atomic E-state index is 0.0831. The van der Waals surface area contributed by atoms with Gasteiger partial charge in [0, 0.05) is 17.6 Å². The van der Waals surface area contributed by atoms with Crippen LogP contribution in [0.3, 0.4) is 0 Å². The molecule has 1 unspecified atom stereocenters. The maximum absolute atomic E-state index is 12.2. The molecule has 0 saturated heterocycles. The molecule has 1 atom stereocenters. The van der Waals surface area contributed by atoms with E-state index in [-0.39, 0.29) is 10.2 Å². The first-order valence-corrected chi connectivity index (χ1v) is 8.22.